The van der Waals surface area contributed by atoms with Gasteiger partial charge in [0.05, 0.1) is 4.90 Å². The average molecular weight is 373 g/mol. The predicted octanol–water partition coefficient (Wildman–Crippen LogP) is 2.10. The van der Waals surface area contributed by atoms with Gasteiger partial charge in [-0.05, 0) is 24.5 Å². The summed E-state index contributed by atoms with van der Waals surface area (Å²) in [5.41, 5.74) is 5.68. The van der Waals surface area contributed by atoms with Crippen LogP contribution in [0.4, 0.5) is 11.5 Å². The first-order valence-corrected chi connectivity index (χ1v) is 9.70. The van der Waals surface area contributed by atoms with E-state index in [0.29, 0.717) is 10.8 Å². The van der Waals surface area contributed by atoms with Gasteiger partial charge in [0.1, 0.15) is 16.5 Å². The number of aromatic nitrogens is 2. The molecule has 1 heterocycles. The molecule has 0 spiro atoms. The van der Waals surface area contributed by atoms with Crippen LogP contribution in [0.1, 0.15) is 10.4 Å². The Morgan fingerprint density at radius 3 is 2.61 bits per heavy atom. The maximum Gasteiger partial charge on any atom is 0.255 e. The van der Waals surface area contributed by atoms with Gasteiger partial charge in [-0.1, -0.05) is 29.4 Å². The Labute approximate surface area is 142 Å². The fourth-order valence-electron chi connectivity index (χ4n) is 1.76. The second-order valence-corrected chi connectivity index (χ2v) is 7.66. The van der Waals surface area contributed by atoms with E-state index in [2.05, 4.69) is 15.3 Å². The molecule has 122 valence electrons. The minimum absolute atomic E-state index is 0.0609. The van der Waals surface area contributed by atoms with Crippen molar-refractivity contribution in [2.75, 3.05) is 17.8 Å². The van der Waals surface area contributed by atoms with Crippen LogP contribution in [0.25, 0.3) is 0 Å². The first-order chi connectivity index (χ1) is 10.7. The molecule has 2 aromatic rings. The van der Waals surface area contributed by atoms with Crippen molar-refractivity contribution in [3.05, 3.63) is 35.0 Å². The summed E-state index contributed by atoms with van der Waals surface area (Å²) in [6.45, 7) is 0. The number of hydrogen-bond donors (Lipinski definition) is 2. The van der Waals surface area contributed by atoms with Crippen LogP contribution in [0.5, 0.6) is 0 Å². The van der Waals surface area contributed by atoms with Crippen molar-refractivity contribution < 1.29 is 13.2 Å². The van der Waals surface area contributed by atoms with Gasteiger partial charge >= 0.3 is 0 Å². The van der Waals surface area contributed by atoms with Crippen molar-refractivity contribution in [3.63, 3.8) is 0 Å². The Morgan fingerprint density at radius 2 is 2.04 bits per heavy atom. The fraction of sp³-hybridized carbons (Fsp3) is 0.154. The molecule has 0 saturated heterocycles. The van der Waals surface area contributed by atoms with Crippen molar-refractivity contribution >= 4 is 50.6 Å². The summed E-state index contributed by atoms with van der Waals surface area (Å²) < 4.78 is 23.2. The SMILES string of the molecule is CSc1nc(Cl)c(C(N)=O)c(Nc2cccc(S(C)(=O)=O)c2)n1. The zero-order valence-corrected chi connectivity index (χ0v) is 14.6. The van der Waals surface area contributed by atoms with Crippen LogP contribution in [0.15, 0.2) is 34.3 Å². The second-order valence-electron chi connectivity index (χ2n) is 4.51. The third-order valence-electron chi connectivity index (χ3n) is 2.80. The summed E-state index contributed by atoms with van der Waals surface area (Å²) in [6, 6.07) is 6.10. The second kappa shape index (κ2) is 6.73. The summed E-state index contributed by atoms with van der Waals surface area (Å²) >= 11 is 7.22. The normalized spacial score (nSPS) is 11.3. The highest BCUT2D eigenvalue weighted by Crippen LogP contribution is 2.27. The zero-order chi connectivity index (χ0) is 17.2. The maximum atomic E-state index is 11.6. The molecule has 0 aliphatic heterocycles. The lowest BCUT2D eigenvalue weighted by Crippen LogP contribution is -2.16. The molecule has 10 heteroatoms. The number of carbonyl (C=O) groups excluding carboxylic acids is 1. The molecular formula is C13H13ClN4O3S2. The number of thioether (sulfide) groups is 1. The Kier molecular flexibility index (Phi) is 5.12. The molecule has 0 aliphatic carbocycles. The molecule has 3 N–H and O–H groups in total. The molecule has 0 saturated carbocycles. The maximum absolute atomic E-state index is 11.6. The number of benzene rings is 1. The van der Waals surface area contributed by atoms with Crippen LogP contribution in [0.2, 0.25) is 5.15 Å². The number of halogens is 1. The minimum atomic E-state index is -3.36. The molecule has 0 aliphatic rings. The smallest absolute Gasteiger partial charge is 0.255 e. The molecule has 0 unspecified atom stereocenters. The van der Waals surface area contributed by atoms with Gasteiger partial charge in [-0.2, -0.15) is 0 Å². The van der Waals surface area contributed by atoms with Gasteiger partial charge in [-0.3, -0.25) is 4.79 Å². The Balaban J connectivity index is 2.51. The lowest BCUT2D eigenvalue weighted by Gasteiger charge is -2.12. The highest BCUT2D eigenvalue weighted by Gasteiger charge is 2.18. The van der Waals surface area contributed by atoms with E-state index in [0.717, 1.165) is 6.26 Å². The van der Waals surface area contributed by atoms with Crippen LogP contribution in [0.3, 0.4) is 0 Å². The van der Waals surface area contributed by atoms with Gasteiger partial charge in [0, 0.05) is 11.9 Å². The van der Waals surface area contributed by atoms with Crippen molar-refractivity contribution in [2.45, 2.75) is 10.1 Å². The third kappa shape index (κ3) is 4.12. The first-order valence-electron chi connectivity index (χ1n) is 6.21. The average Bonchev–Trinajstić information content (AvgIpc) is 2.45. The Morgan fingerprint density at radius 1 is 1.35 bits per heavy atom. The molecule has 0 fully saturated rings. The number of sulfone groups is 1. The molecule has 0 atom stereocenters. The molecule has 0 radical (unpaired) electrons. The van der Waals surface area contributed by atoms with Crippen molar-refractivity contribution in [2.24, 2.45) is 5.73 Å². The van der Waals surface area contributed by atoms with Crippen molar-refractivity contribution in [1.82, 2.24) is 9.97 Å². The lowest BCUT2D eigenvalue weighted by atomic mass is 10.2. The summed E-state index contributed by atoms with van der Waals surface area (Å²) in [5, 5.41) is 3.15. The lowest BCUT2D eigenvalue weighted by molar-refractivity contribution is 0.100. The monoisotopic (exact) mass is 372 g/mol. The van der Waals surface area contributed by atoms with Crippen LogP contribution in [-0.2, 0) is 9.84 Å². The van der Waals surface area contributed by atoms with Crippen molar-refractivity contribution in [3.8, 4) is 0 Å². The van der Waals surface area contributed by atoms with E-state index in [-0.39, 0.29) is 21.4 Å². The highest BCUT2D eigenvalue weighted by molar-refractivity contribution is 7.98. The Bertz CT molecular complexity index is 872. The van der Waals surface area contributed by atoms with Crippen molar-refractivity contribution in [1.29, 1.82) is 0 Å². The molecule has 1 aromatic carbocycles. The number of nitrogens with zero attached hydrogens (tertiary/aromatic N) is 2. The third-order valence-corrected chi connectivity index (χ3v) is 4.73. The number of nitrogens with two attached hydrogens (primary N) is 1. The standard InChI is InChI=1S/C13H13ClN4O3S2/c1-22-13-17-10(14)9(11(15)19)12(18-13)16-7-4-3-5-8(6-7)23(2,20)21/h3-6H,1-2H3,(H2,15,19)(H,16,17,18). The minimum Gasteiger partial charge on any atom is -0.365 e. The molecule has 0 bridgehead atoms. The number of rotatable bonds is 5. The summed E-state index contributed by atoms with van der Waals surface area (Å²) in [7, 11) is -3.36. The number of primary amides is 1. The topological polar surface area (TPSA) is 115 Å². The number of anilines is 2. The summed E-state index contributed by atoms with van der Waals surface area (Å²) in [4.78, 5) is 19.8. The molecule has 1 amide bonds. The van der Waals surface area contributed by atoms with E-state index in [4.69, 9.17) is 17.3 Å². The van der Waals surface area contributed by atoms with E-state index in [9.17, 15) is 13.2 Å². The van der Waals surface area contributed by atoms with Gasteiger partial charge in [-0.15, -0.1) is 0 Å². The number of carbonyl (C=O) groups is 1. The van der Waals surface area contributed by atoms with Crippen LogP contribution < -0.4 is 11.1 Å². The molecular weight excluding hydrogens is 360 g/mol. The van der Waals surface area contributed by atoms with E-state index in [1.54, 1.807) is 18.4 Å². The van der Waals surface area contributed by atoms with Crippen LogP contribution in [-0.4, -0.2) is 36.8 Å². The molecule has 1 aromatic heterocycles. The summed E-state index contributed by atoms with van der Waals surface area (Å²) in [5.74, 6) is -0.670. The largest absolute Gasteiger partial charge is 0.365 e. The quantitative estimate of drug-likeness (QED) is 0.469. The van der Waals surface area contributed by atoms with Crippen LogP contribution in [0, 0.1) is 0 Å². The first kappa shape index (κ1) is 17.5. The fourth-order valence-corrected chi connectivity index (χ4v) is 3.10. The summed E-state index contributed by atoms with van der Waals surface area (Å²) in [6.07, 6.45) is 2.86. The van der Waals surface area contributed by atoms with E-state index >= 15 is 0 Å². The highest BCUT2D eigenvalue weighted by atomic mass is 35.5. The van der Waals surface area contributed by atoms with E-state index in [1.807, 2.05) is 0 Å². The van der Waals surface area contributed by atoms with Gasteiger partial charge in [0.2, 0.25) is 0 Å². The predicted molar refractivity (Wildman–Crippen MR) is 90.2 cm³/mol. The van der Waals surface area contributed by atoms with E-state index < -0.39 is 15.7 Å². The van der Waals surface area contributed by atoms with Gasteiger partial charge < -0.3 is 11.1 Å². The molecule has 2 rings (SSSR count). The zero-order valence-electron chi connectivity index (χ0n) is 12.2. The number of nitrogens with one attached hydrogen (secondary N) is 1. The van der Waals surface area contributed by atoms with E-state index in [1.165, 1.54) is 23.9 Å². The number of hydrogen-bond acceptors (Lipinski definition) is 7. The number of amides is 1. The van der Waals surface area contributed by atoms with Gasteiger partial charge in [-0.25, -0.2) is 18.4 Å². The van der Waals surface area contributed by atoms with Gasteiger partial charge in [0.25, 0.3) is 5.91 Å². The van der Waals surface area contributed by atoms with Crippen LogP contribution >= 0.6 is 23.4 Å². The molecule has 7 nitrogen and oxygen atoms in total. The van der Waals surface area contributed by atoms with Gasteiger partial charge in [0.15, 0.2) is 15.0 Å². The molecule has 23 heavy (non-hydrogen) atoms. The Hall–Kier alpha value is -1.84.